The molecule has 0 saturated carbocycles. The van der Waals surface area contributed by atoms with Crippen LogP contribution in [0.5, 0.6) is 5.75 Å². The van der Waals surface area contributed by atoms with E-state index in [0.717, 1.165) is 13.0 Å². The SMILES string of the molecule is CCCn1ncc(OC)c1C(O)c1csnn1. The van der Waals surface area contributed by atoms with Gasteiger partial charge in [0.1, 0.15) is 17.5 Å². The van der Waals surface area contributed by atoms with Gasteiger partial charge in [0.25, 0.3) is 0 Å². The largest absolute Gasteiger partial charge is 0.493 e. The second-order valence-electron chi connectivity index (χ2n) is 3.55. The van der Waals surface area contributed by atoms with Crippen molar-refractivity contribution < 1.29 is 9.84 Å². The predicted molar refractivity (Wildman–Crippen MR) is 63.0 cm³/mol. The van der Waals surface area contributed by atoms with Gasteiger partial charge in [-0.05, 0) is 18.0 Å². The van der Waals surface area contributed by atoms with E-state index in [0.29, 0.717) is 17.1 Å². The first-order valence-electron chi connectivity index (χ1n) is 5.32. The van der Waals surface area contributed by atoms with Gasteiger partial charge in [-0.1, -0.05) is 11.4 Å². The van der Waals surface area contributed by atoms with Crippen molar-refractivity contribution in [3.05, 3.63) is 23.0 Å². The third kappa shape index (κ3) is 2.29. The molecule has 0 radical (unpaired) electrons. The van der Waals surface area contributed by atoms with Crippen molar-refractivity contribution in [3.63, 3.8) is 0 Å². The molecule has 2 heterocycles. The zero-order valence-electron chi connectivity index (χ0n) is 9.70. The quantitative estimate of drug-likeness (QED) is 0.869. The molecule has 0 aromatic carbocycles. The van der Waals surface area contributed by atoms with E-state index in [4.69, 9.17) is 4.74 Å². The summed E-state index contributed by atoms with van der Waals surface area (Å²) in [5.74, 6) is 0.568. The van der Waals surface area contributed by atoms with Crippen LogP contribution in [0, 0.1) is 0 Å². The molecule has 1 N–H and O–H groups in total. The lowest BCUT2D eigenvalue weighted by Crippen LogP contribution is -2.11. The molecule has 6 nitrogen and oxygen atoms in total. The summed E-state index contributed by atoms with van der Waals surface area (Å²) in [5, 5.41) is 20.0. The lowest BCUT2D eigenvalue weighted by Gasteiger charge is -2.12. The van der Waals surface area contributed by atoms with Crippen molar-refractivity contribution in [2.45, 2.75) is 26.0 Å². The summed E-state index contributed by atoms with van der Waals surface area (Å²) in [6.45, 7) is 2.78. The molecular formula is C10H14N4O2S. The molecule has 0 bridgehead atoms. The summed E-state index contributed by atoms with van der Waals surface area (Å²) in [7, 11) is 1.56. The zero-order chi connectivity index (χ0) is 12.3. The third-order valence-corrected chi connectivity index (χ3v) is 2.94. The third-order valence-electron chi connectivity index (χ3n) is 2.42. The average molecular weight is 254 g/mol. The Bertz CT molecular complexity index is 469. The van der Waals surface area contributed by atoms with Crippen LogP contribution in [0.2, 0.25) is 0 Å². The van der Waals surface area contributed by atoms with Gasteiger partial charge >= 0.3 is 0 Å². The van der Waals surface area contributed by atoms with Gasteiger partial charge in [0, 0.05) is 11.9 Å². The summed E-state index contributed by atoms with van der Waals surface area (Å²) >= 11 is 1.21. The average Bonchev–Trinajstić information content (AvgIpc) is 2.97. The molecule has 0 aliphatic rings. The number of aryl methyl sites for hydroxylation is 1. The molecule has 2 aromatic rings. The standard InChI is InChI=1S/C10H14N4O2S/c1-3-4-14-9(8(16-2)5-11-14)10(15)7-6-17-13-12-7/h5-6,10,15H,3-4H2,1-2H3. The predicted octanol–water partition coefficient (Wildman–Crippen LogP) is 1.23. The van der Waals surface area contributed by atoms with Crippen molar-refractivity contribution in [3.8, 4) is 5.75 Å². The first kappa shape index (κ1) is 12.0. The van der Waals surface area contributed by atoms with Crippen LogP contribution in [-0.2, 0) is 6.54 Å². The van der Waals surface area contributed by atoms with Crippen molar-refractivity contribution in [1.29, 1.82) is 0 Å². The molecular weight excluding hydrogens is 240 g/mol. The van der Waals surface area contributed by atoms with E-state index in [1.54, 1.807) is 23.4 Å². The number of hydrogen-bond acceptors (Lipinski definition) is 6. The maximum absolute atomic E-state index is 10.3. The first-order chi connectivity index (χ1) is 8.27. The lowest BCUT2D eigenvalue weighted by molar-refractivity contribution is 0.197. The van der Waals surface area contributed by atoms with Gasteiger partial charge in [0.15, 0.2) is 5.75 Å². The maximum atomic E-state index is 10.3. The highest BCUT2D eigenvalue weighted by molar-refractivity contribution is 7.03. The molecule has 0 aliphatic carbocycles. The van der Waals surface area contributed by atoms with E-state index in [9.17, 15) is 5.11 Å². The van der Waals surface area contributed by atoms with E-state index in [2.05, 4.69) is 21.6 Å². The van der Waals surface area contributed by atoms with Crippen LogP contribution in [0.1, 0.15) is 30.8 Å². The summed E-state index contributed by atoms with van der Waals surface area (Å²) in [6, 6.07) is 0. The van der Waals surface area contributed by atoms with Crippen molar-refractivity contribution in [1.82, 2.24) is 19.4 Å². The molecule has 2 rings (SSSR count). The number of aromatic nitrogens is 4. The fourth-order valence-corrected chi connectivity index (χ4v) is 2.10. The number of aliphatic hydroxyl groups is 1. The minimum atomic E-state index is -0.849. The molecule has 7 heteroatoms. The Morgan fingerprint density at radius 3 is 3.00 bits per heavy atom. The van der Waals surface area contributed by atoms with E-state index in [1.807, 2.05) is 0 Å². The smallest absolute Gasteiger partial charge is 0.163 e. The molecule has 0 amide bonds. The minimum Gasteiger partial charge on any atom is -0.493 e. The van der Waals surface area contributed by atoms with Gasteiger partial charge in [0.2, 0.25) is 0 Å². The Balaban J connectivity index is 2.38. The molecule has 1 unspecified atom stereocenters. The Kier molecular flexibility index (Phi) is 3.70. The van der Waals surface area contributed by atoms with Gasteiger partial charge in [-0.25, -0.2) is 0 Å². The van der Waals surface area contributed by atoms with Crippen LogP contribution in [0.3, 0.4) is 0 Å². The number of ether oxygens (including phenoxy) is 1. The molecule has 92 valence electrons. The van der Waals surface area contributed by atoms with Crippen LogP contribution >= 0.6 is 11.5 Å². The summed E-state index contributed by atoms with van der Waals surface area (Å²) in [5.41, 5.74) is 1.15. The number of rotatable bonds is 5. The molecule has 17 heavy (non-hydrogen) atoms. The van der Waals surface area contributed by atoms with Gasteiger partial charge in [-0.2, -0.15) is 5.10 Å². The van der Waals surface area contributed by atoms with Crippen LogP contribution in [0.4, 0.5) is 0 Å². The van der Waals surface area contributed by atoms with E-state index < -0.39 is 6.10 Å². The lowest BCUT2D eigenvalue weighted by atomic mass is 10.2. The summed E-state index contributed by atoms with van der Waals surface area (Å²) < 4.78 is 10.7. The summed E-state index contributed by atoms with van der Waals surface area (Å²) in [6.07, 6.45) is 1.69. The van der Waals surface area contributed by atoms with E-state index in [1.165, 1.54) is 11.5 Å². The second-order valence-corrected chi connectivity index (χ2v) is 4.16. The van der Waals surface area contributed by atoms with Gasteiger partial charge in [-0.3, -0.25) is 4.68 Å². The Labute approximate surface area is 103 Å². The zero-order valence-corrected chi connectivity index (χ0v) is 10.5. The minimum absolute atomic E-state index is 0.520. The van der Waals surface area contributed by atoms with E-state index in [-0.39, 0.29) is 0 Å². The Morgan fingerprint density at radius 1 is 1.59 bits per heavy atom. The Morgan fingerprint density at radius 2 is 2.41 bits per heavy atom. The summed E-state index contributed by atoms with van der Waals surface area (Å²) in [4.78, 5) is 0. The monoisotopic (exact) mass is 254 g/mol. The molecule has 0 fully saturated rings. The second kappa shape index (κ2) is 5.24. The molecule has 0 saturated heterocycles. The number of methoxy groups -OCH3 is 1. The normalized spacial score (nSPS) is 12.6. The molecule has 1 atom stereocenters. The van der Waals surface area contributed by atoms with Gasteiger partial charge < -0.3 is 9.84 Å². The van der Waals surface area contributed by atoms with Crippen molar-refractivity contribution in [2.24, 2.45) is 0 Å². The highest BCUT2D eigenvalue weighted by Crippen LogP contribution is 2.29. The topological polar surface area (TPSA) is 73.1 Å². The number of nitrogens with zero attached hydrogens (tertiary/aromatic N) is 4. The van der Waals surface area contributed by atoms with Crippen molar-refractivity contribution in [2.75, 3.05) is 7.11 Å². The maximum Gasteiger partial charge on any atom is 0.163 e. The fraction of sp³-hybridized carbons (Fsp3) is 0.500. The van der Waals surface area contributed by atoms with Crippen LogP contribution in [0.25, 0.3) is 0 Å². The van der Waals surface area contributed by atoms with E-state index >= 15 is 0 Å². The molecule has 0 aliphatic heterocycles. The Hall–Kier alpha value is -1.47. The highest BCUT2D eigenvalue weighted by Gasteiger charge is 2.23. The number of aliphatic hydroxyl groups excluding tert-OH is 1. The molecule has 0 spiro atoms. The highest BCUT2D eigenvalue weighted by atomic mass is 32.1. The van der Waals surface area contributed by atoms with Crippen LogP contribution in [0.15, 0.2) is 11.6 Å². The van der Waals surface area contributed by atoms with Crippen molar-refractivity contribution >= 4 is 11.5 Å². The first-order valence-corrected chi connectivity index (χ1v) is 6.16. The van der Waals surface area contributed by atoms with Gasteiger partial charge in [0.05, 0.1) is 13.3 Å². The van der Waals surface area contributed by atoms with Crippen LogP contribution in [-0.4, -0.2) is 31.6 Å². The fourth-order valence-electron chi connectivity index (χ4n) is 1.63. The number of hydrogen-bond donors (Lipinski definition) is 1. The van der Waals surface area contributed by atoms with Crippen LogP contribution < -0.4 is 4.74 Å². The van der Waals surface area contributed by atoms with Gasteiger partial charge in [-0.15, -0.1) is 5.10 Å². The molecule has 2 aromatic heterocycles.